The molecule has 9 heteroatoms. The standard InChI is InChI=1S/C14H17ClFN5O.ClH/c1-9-13(14(22)18-7-3-2-6-17)19-20-21(9)10-4-5-12(16)11(15)8-10;/h4-5,8H,2-3,6-7,17H2,1H3,(H,18,22);1H. The highest BCUT2D eigenvalue weighted by atomic mass is 35.5. The monoisotopic (exact) mass is 361 g/mol. The molecule has 0 bridgehead atoms. The lowest BCUT2D eigenvalue weighted by Crippen LogP contribution is -2.26. The maximum atomic E-state index is 13.2. The van der Waals surface area contributed by atoms with Crippen LogP contribution in [0.2, 0.25) is 5.02 Å². The van der Waals surface area contributed by atoms with E-state index in [1.54, 1.807) is 6.92 Å². The van der Waals surface area contributed by atoms with E-state index in [1.807, 2.05) is 0 Å². The Bertz CT molecular complexity index is 677. The molecule has 0 saturated heterocycles. The van der Waals surface area contributed by atoms with Crippen molar-refractivity contribution in [3.05, 3.63) is 40.4 Å². The molecule has 2 aromatic rings. The van der Waals surface area contributed by atoms with Crippen LogP contribution in [0.1, 0.15) is 29.0 Å². The molecule has 1 heterocycles. The summed E-state index contributed by atoms with van der Waals surface area (Å²) in [6.07, 6.45) is 1.66. The van der Waals surface area contributed by atoms with Crippen molar-refractivity contribution in [1.29, 1.82) is 0 Å². The van der Waals surface area contributed by atoms with Crippen molar-refractivity contribution >= 4 is 29.9 Å². The molecule has 0 aliphatic carbocycles. The van der Waals surface area contributed by atoms with Crippen LogP contribution >= 0.6 is 24.0 Å². The van der Waals surface area contributed by atoms with Crippen LogP contribution in [0.15, 0.2) is 18.2 Å². The molecule has 126 valence electrons. The van der Waals surface area contributed by atoms with E-state index < -0.39 is 5.82 Å². The first-order valence-electron chi connectivity index (χ1n) is 6.90. The van der Waals surface area contributed by atoms with Crippen molar-refractivity contribution in [2.24, 2.45) is 5.73 Å². The number of rotatable bonds is 6. The van der Waals surface area contributed by atoms with Crippen molar-refractivity contribution in [2.75, 3.05) is 13.1 Å². The average molecular weight is 362 g/mol. The van der Waals surface area contributed by atoms with Crippen LogP contribution in [0.25, 0.3) is 5.69 Å². The summed E-state index contributed by atoms with van der Waals surface area (Å²) in [7, 11) is 0. The first-order chi connectivity index (χ1) is 10.5. The minimum Gasteiger partial charge on any atom is -0.351 e. The van der Waals surface area contributed by atoms with Gasteiger partial charge in [-0.25, -0.2) is 9.07 Å². The third-order valence-corrected chi connectivity index (χ3v) is 3.46. The quantitative estimate of drug-likeness (QED) is 0.772. The molecule has 0 aliphatic heterocycles. The molecule has 0 saturated carbocycles. The van der Waals surface area contributed by atoms with Crippen LogP contribution in [-0.4, -0.2) is 34.0 Å². The number of benzene rings is 1. The summed E-state index contributed by atoms with van der Waals surface area (Å²) in [6, 6.07) is 4.19. The van der Waals surface area contributed by atoms with Gasteiger partial charge in [0, 0.05) is 6.54 Å². The van der Waals surface area contributed by atoms with Gasteiger partial charge in [-0.1, -0.05) is 16.8 Å². The molecule has 1 amide bonds. The predicted molar refractivity (Wildman–Crippen MR) is 88.9 cm³/mol. The molecule has 6 nitrogen and oxygen atoms in total. The highest BCUT2D eigenvalue weighted by molar-refractivity contribution is 6.30. The number of carbonyl (C=O) groups is 1. The van der Waals surface area contributed by atoms with E-state index in [0.29, 0.717) is 24.5 Å². The maximum Gasteiger partial charge on any atom is 0.273 e. The van der Waals surface area contributed by atoms with Crippen molar-refractivity contribution in [3.63, 3.8) is 0 Å². The molecule has 0 spiro atoms. The number of hydrogen-bond donors (Lipinski definition) is 2. The topological polar surface area (TPSA) is 85.8 Å². The van der Waals surface area contributed by atoms with Gasteiger partial charge in [-0.3, -0.25) is 4.79 Å². The third kappa shape index (κ3) is 4.63. The number of aromatic nitrogens is 3. The van der Waals surface area contributed by atoms with Gasteiger partial charge in [0.05, 0.1) is 16.4 Å². The zero-order valence-electron chi connectivity index (χ0n) is 12.6. The number of hydrogen-bond acceptors (Lipinski definition) is 4. The molecule has 0 aliphatic rings. The van der Waals surface area contributed by atoms with Gasteiger partial charge in [-0.15, -0.1) is 17.5 Å². The Morgan fingerprint density at radius 3 is 2.83 bits per heavy atom. The second kappa shape index (κ2) is 8.81. The molecule has 0 atom stereocenters. The lowest BCUT2D eigenvalue weighted by Gasteiger charge is -2.05. The fourth-order valence-corrected chi connectivity index (χ4v) is 2.13. The summed E-state index contributed by atoms with van der Waals surface area (Å²) in [5, 5.41) is 10.6. The normalized spacial score (nSPS) is 10.3. The molecular formula is C14H18Cl2FN5O. The van der Waals surface area contributed by atoms with Crippen LogP contribution in [0.5, 0.6) is 0 Å². The minimum atomic E-state index is -0.513. The van der Waals surface area contributed by atoms with E-state index in [9.17, 15) is 9.18 Å². The Labute approximate surface area is 144 Å². The van der Waals surface area contributed by atoms with E-state index in [-0.39, 0.29) is 29.0 Å². The molecule has 2 rings (SSSR count). The Morgan fingerprint density at radius 1 is 1.43 bits per heavy atom. The number of carbonyl (C=O) groups excluding carboxylic acids is 1. The lowest BCUT2D eigenvalue weighted by molar-refractivity contribution is 0.0947. The van der Waals surface area contributed by atoms with Crippen LogP contribution in [0.4, 0.5) is 4.39 Å². The van der Waals surface area contributed by atoms with Gasteiger partial charge in [-0.05, 0) is 44.5 Å². The fourth-order valence-electron chi connectivity index (χ4n) is 1.96. The van der Waals surface area contributed by atoms with Crippen LogP contribution in [-0.2, 0) is 0 Å². The molecule has 0 unspecified atom stereocenters. The van der Waals surface area contributed by atoms with Crippen LogP contribution in [0.3, 0.4) is 0 Å². The zero-order chi connectivity index (χ0) is 16.1. The number of nitrogens with one attached hydrogen (secondary N) is 1. The fraction of sp³-hybridized carbons (Fsp3) is 0.357. The molecular weight excluding hydrogens is 344 g/mol. The van der Waals surface area contributed by atoms with Crippen molar-refractivity contribution < 1.29 is 9.18 Å². The van der Waals surface area contributed by atoms with Gasteiger partial charge in [-0.2, -0.15) is 0 Å². The van der Waals surface area contributed by atoms with Crippen LogP contribution in [0, 0.1) is 12.7 Å². The summed E-state index contributed by atoms with van der Waals surface area (Å²) < 4.78 is 14.6. The van der Waals surface area contributed by atoms with E-state index in [1.165, 1.54) is 22.9 Å². The number of nitrogens with zero attached hydrogens (tertiary/aromatic N) is 3. The van der Waals surface area contributed by atoms with Crippen molar-refractivity contribution in [3.8, 4) is 5.69 Å². The minimum absolute atomic E-state index is 0. The SMILES string of the molecule is Cc1c(C(=O)NCCCCN)nnn1-c1ccc(F)c(Cl)c1.Cl. The lowest BCUT2D eigenvalue weighted by atomic mass is 10.2. The molecule has 0 radical (unpaired) electrons. The van der Waals surface area contributed by atoms with Gasteiger partial charge in [0.15, 0.2) is 5.69 Å². The highest BCUT2D eigenvalue weighted by Crippen LogP contribution is 2.20. The second-order valence-corrected chi connectivity index (χ2v) is 5.19. The summed E-state index contributed by atoms with van der Waals surface area (Å²) in [5.41, 5.74) is 6.72. The maximum absolute atomic E-state index is 13.2. The molecule has 3 N–H and O–H groups in total. The van der Waals surface area contributed by atoms with Crippen molar-refractivity contribution in [2.45, 2.75) is 19.8 Å². The molecule has 1 aromatic carbocycles. The number of halogens is 3. The first-order valence-corrected chi connectivity index (χ1v) is 7.28. The largest absolute Gasteiger partial charge is 0.351 e. The van der Waals surface area contributed by atoms with E-state index in [2.05, 4.69) is 15.6 Å². The van der Waals surface area contributed by atoms with Crippen LogP contribution < -0.4 is 11.1 Å². The van der Waals surface area contributed by atoms with E-state index >= 15 is 0 Å². The van der Waals surface area contributed by atoms with E-state index in [0.717, 1.165) is 12.8 Å². The molecule has 1 aromatic heterocycles. The van der Waals surface area contributed by atoms with E-state index in [4.69, 9.17) is 17.3 Å². The second-order valence-electron chi connectivity index (χ2n) is 4.79. The van der Waals surface area contributed by atoms with Gasteiger partial charge >= 0.3 is 0 Å². The third-order valence-electron chi connectivity index (χ3n) is 3.17. The Kier molecular flexibility index (Phi) is 7.41. The Hall–Kier alpha value is -1.70. The molecule has 0 fully saturated rings. The van der Waals surface area contributed by atoms with Gasteiger partial charge in [0.1, 0.15) is 5.82 Å². The average Bonchev–Trinajstić information content (AvgIpc) is 2.88. The number of unbranched alkanes of at least 4 members (excludes halogenated alkanes) is 1. The smallest absolute Gasteiger partial charge is 0.273 e. The highest BCUT2D eigenvalue weighted by Gasteiger charge is 2.17. The summed E-state index contributed by atoms with van der Waals surface area (Å²) in [5.74, 6) is -0.810. The summed E-state index contributed by atoms with van der Waals surface area (Å²) in [6.45, 7) is 2.84. The number of amides is 1. The van der Waals surface area contributed by atoms with Crippen molar-refractivity contribution in [1.82, 2.24) is 20.3 Å². The predicted octanol–water partition coefficient (Wildman–Crippen LogP) is 2.26. The van der Waals surface area contributed by atoms with Gasteiger partial charge < -0.3 is 11.1 Å². The molecule has 23 heavy (non-hydrogen) atoms. The zero-order valence-corrected chi connectivity index (χ0v) is 14.1. The first kappa shape index (κ1) is 19.3. The Balaban J connectivity index is 0.00000264. The summed E-state index contributed by atoms with van der Waals surface area (Å²) in [4.78, 5) is 12.1. The summed E-state index contributed by atoms with van der Waals surface area (Å²) >= 11 is 5.76. The van der Waals surface area contributed by atoms with Gasteiger partial charge in [0.2, 0.25) is 0 Å². The Morgan fingerprint density at radius 2 is 2.17 bits per heavy atom. The van der Waals surface area contributed by atoms with Gasteiger partial charge in [0.25, 0.3) is 5.91 Å². The number of nitrogens with two attached hydrogens (primary N) is 1.